The Bertz CT molecular complexity index is 664. The van der Waals surface area contributed by atoms with E-state index in [1.54, 1.807) is 12.5 Å². The molecule has 2 aliphatic rings. The van der Waals surface area contributed by atoms with Crippen molar-refractivity contribution in [1.82, 2.24) is 14.9 Å². The van der Waals surface area contributed by atoms with Crippen LogP contribution in [0, 0.1) is 5.82 Å². The number of likely N-dealkylation sites (tertiary alicyclic amines) is 1. The molecule has 2 aromatic heterocycles. The van der Waals surface area contributed by atoms with Crippen LogP contribution >= 0.6 is 0 Å². The molecule has 4 rings (SSSR count). The molecule has 1 spiro atoms. The van der Waals surface area contributed by atoms with Crippen LogP contribution in [0.5, 0.6) is 0 Å². The molecule has 24 heavy (non-hydrogen) atoms. The highest BCUT2D eigenvalue weighted by Crippen LogP contribution is 2.36. The summed E-state index contributed by atoms with van der Waals surface area (Å²) in [5, 5.41) is 3.25. The number of aromatic nitrogens is 2. The van der Waals surface area contributed by atoms with Gasteiger partial charge in [-0.05, 0) is 25.5 Å². The van der Waals surface area contributed by atoms with E-state index >= 15 is 0 Å². The molecular formula is C17H21FN4O2. The Morgan fingerprint density at radius 3 is 3.04 bits per heavy atom. The van der Waals surface area contributed by atoms with Crippen LogP contribution in [0.1, 0.15) is 24.8 Å². The van der Waals surface area contributed by atoms with Crippen molar-refractivity contribution in [2.24, 2.45) is 0 Å². The van der Waals surface area contributed by atoms with Crippen LogP contribution in [0.4, 0.5) is 10.3 Å². The van der Waals surface area contributed by atoms with Gasteiger partial charge in [0.05, 0.1) is 43.2 Å². The van der Waals surface area contributed by atoms with Crippen LogP contribution in [0.2, 0.25) is 0 Å². The Balaban J connectivity index is 1.36. The van der Waals surface area contributed by atoms with Crippen molar-refractivity contribution >= 4 is 5.95 Å². The van der Waals surface area contributed by atoms with Crippen LogP contribution in [-0.4, -0.2) is 46.2 Å². The van der Waals surface area contributed by atoms with Crippen molar-refractivity contribution in [2.75, 3.05) is 25.0 Å². The fourth-order valence-corrected chi connectivity index (χ4v) is 3.76. The summed E-state index contributed by atoms with van der Waals surface area (Å²) in [4.78, 5) is 10.4. The van der Waals surface area contributed by atoms with E-state index < -0.39 is 5.82 Å². The fourth-order valence-electron chi connectivity index (χ4n) is 3.76. The van der Waals surface area contributed by atoms with E-state index in [4.69, 9.17) is 9.15 Å². The zero-order chi connectivity index (χ0) is 16.4. The molecule has 6 nitrogen and oxygen atoms in total. The number of hydrogen-bond acceptors (Lipinski definition) is 6. The Morgan fingerprint density at radius 1 is 1.38 bits per heavy atom. The first kappa shape index (κ1) is 15.5. The monoisotopic (exact) mass is 332 g/mol. The molecule has 2 atom stereocenters. The van der Waals surface area contributed by atoms with Crippen molar-refractivity contribution in [3.05, 3.63) is 42.4 Å². The number of anilines is 1. The van der Waals surface area contributed by atoms with Gasteiger partial charge in [0.1, 0.15) is 0 Å². The van der Waals surface area contributed by atoms with Crippen molar-refractivity contribution in [1.29, 1.82) is 0 Å². The molecule has 2 aliphatic heterocycles. The third kappa shape index (κ3) is 3.42. The van der Waals surface area contributed by atoms with Crippen molar-refractivity contribution in [2.45, 2.75) is 37.5 Å². The van der Waals surface area contributed by atoms with Crippen LogP contribution in [0.3, 0.4) is 0 Å². The molecule has 4 heterocycles. The average molecular weight is 332 g/mol. The SMILES string of the molecule is Fc1cnc(N[C@H]2CO[C@]3(CCCN(Cc4ccoc4)C3)C2)nc1. The van der Waals surface area contributed by atoms with E-state index in [0.29, 0.717) is 12.6 Å². The average Bonchev–Trinajstić information content (AvgIpc) is 3.21. The molecule has 0 radical (unpaired) electrons. The number of furan rings is 1. The first-order valence-corrected chi connectivity index (χ1v) is 8.32. The Kier molecular flexibility index (Phi) is 4.20. The molecule has 0 aromatic carbocycles. The third-order valence-electron chi connectivity index (χ3n) is 4.77. The zero-order valence-electron chi connectivity index (χ0n) is 13.4. The van der Waals surface area contributed by atoms with Gasteiger partial charge in [0.25, 0.3) is 0 Å². The highest BCUT2D eigenvalue weighted by molar-refractivity contribution is 5.26. The number of nitrogens with one attached hydrogen (secondary N) is 1. The van der Waals surface area contributed by atoms with Gasteiger partial charge in [-0.2, -0.15) is 0 Å². The summed E-state index contributed by atoms with van der Waals surface area (Å²) in [7, 11) is 0. The van der Waals surface area contributed by atoms with Gasteiger partial charge in [-0.3, -0.25) is 4.90 Å². The molecule has 1 N–H and O–H groups in total. The lowest BCUT2D eigenvalue weighted by Crippen LogP contribution is -2.47. The van der Waals surface area contributed by atoms with Gasteiger partial charge >= 0.3 is 0 Å². The van der Waals surface area contributed by atoms with E-state index in [0.717, 1.165) is 38.9 Å². The lowest BCUT2D eigenvalue weighted by Gasteiger charge is -2.39. The van der Waals surface area contributed by atoms with Gasteiger partial charge in [-0.1, -0.05) is 0 Å². The van der Waals surface area contributed by atoms with Gasteiger partial charge in [-0.15, -0.1) is 0 Å². The van der Waals surface area contributed by atoms with Crippen molar-refractivity contribution in [3.63, 3.8) is 0 Å². The summed E-state index contributed by atoms with van der Waals surface area (Å²) in [5.74, 6) is 0.0231. The molecule has 0 unspecified atom stereocenters. The summed E-state index contributed by atoms with van der Waals surface area (Å²) in [6.07, 6.45) is 8.96. The first-order valence-electron chi connectivity index (χ1n) is 8.32. The predicted octanol–water partition coefficient (Wildman–Crippen LogP) is 2.44. The maximum absolute atomic E-state index is 12.9. The van der Waals surface area contributed by atoms with Crippen LogP contribution < -0.4 is 5.32 Å². The molecule has 2 aromatic rings. The van der Waals surface area contributed by atoms with E-state index in [9.17, 15) is 4.39 Å². The minimum atomic E-state index is -0.429. The van der Waals surface area contributed by atoms with E-state index in [-0.39, 0.29) is 11.6 Å². The predicted molar refractivity (Wildman–Crippen MR) is 85.9 cm³/mol. The van der Waals surface area contributed by atoms with Crippen LogP contribution in [0.15, 0.2) is 35.4 Å². The smallest absolute Gasteiger partial charge is 0.223 e. The second-order valence-corrected chi connectivity index (χ2v) is 6.71. The topological polar surface area (TPSA) is 63.4 Å². The number of nitrogens with zero attached hydrogens (tertiary/aromatic N) is 3. The van der Waals surface area contributed by atoms with Gasteiger partial charge in [0.2, 0.25) is 5.95 Å². The van der Waals surface area contributed by atoms with Crippen LogP contribution in [-0.2, 0) is 11.3 Å². The second-order valence-electron chi connectivity index (χ2n) is 6.71. The summed E-state index contributed by atoms with van der Waals surface area (Å²) in [6, 6.07) is 2.16. The Morgan fingerprint density at radius 2 is 2.25 bits per heavy atom. The summed E-state index contributed by atoms with van der Waals surface area (Å²) < 4.78 is 24.2. The lowest BCUT2D eigenvalue weighted by molar-refractivity contribution is -0.0533. The molecule has 0 bridgehead atoms. The minimum absolute atomic E-state index is 0.111. The Labute approximate surface area is 140 Å². The van der Waals surface area contributed by atoms with Crippen molar-refractivity contribution < 1.29 is 13.5 Å². The van der Waals surface area contributed by atoms with E-state index in [1.807, 2.05) is 6.07 Å². The maximum atomic E-state index is 12.9. The largest absolute Gasteiger partial charge is 0.472 e. The van der Waals surface area contributed by atoms with Gasteiger partial charge in [-0.25, -0.2) is 14.4 Å². The fraction of sp³-hybridized carbons (Fsp3) is 0.529. The molecule has 7 heteroatoms. The number of piperidine rings is 1. The lowest BCUT2D eigenvalue weighted by atomic mass is 9.88. The van der Waals surface area contributed by atoms with Gasteiger partial charge in [0, 0.05) is 25.1 Å². The minimum Gasteiger partial charge on any atom is -0.472 e. The summed E-state index contributed by atoms with van der Waals surface area (Å²) >= 11 is 0. The summed E-state index contributed by atoms with van der Waals surface area (Å²) in [5.41, 5.74) is 1.08. The molecular weight excluding hydrogens is 311 g/mol. The number of rotatable bonds is 4. The standard InChI is InChI=1S/C17H21FN4O2/c18-14-7-19-16(20-8-14)21-15-6-17(24-11-15)3-1-4-22(12-17)9-13-2-5-23-10-13/h2,5,7-8,10,15H,1,3-4,6,9,11-12H2,(H,19,20,21)/t15-,17-/m1/s1. The first-order chi connectivity index (χ1) is 11.7. The Hall–Kier alpha value is -1.99. The molecule has 128 valence electrons. The molecule has 2 saturated heterocycles. The maximum Gasteiger partial charge on any atom is 0.223 e. The summed E-state index contributed by atoms with van der Waals surface area (Å²) in [6.45, 7) is 3.51. The number of hydrogen-bond donors (Lipinski definition) is 1. The van der Waals surface area contributed by atoms with Crippen LogP contribution in [0.25, 0.3) is 0 Å². The molecule has 0 aliphatic carbocycles. The quantitative estimate of drug-likeness (QED) is 0.928. The molecule has 2 fully saturated rings. The van der Waals surface area contributed by atoms with Crippen molar-refractivity contribution in [3.8, 4) is 0 Å². The number of ether oxygens (including phenoxy) is 1. The second kappa shape index (κ2) is 6.49. The zero-order valence-corrected chi connectivity index (χ0v) is 13.4. The highest BCUT2D eigenvalue weighted by atomic mass is 19.1. The molecule has 0 saturated carbocycles. The number of halogens is 1. The van der Waals surface area contributed by atoms with Gasteiger partial charge in [0.15, 0.2) is 5.82 Å². The normalized spacial score (nSPS) is 27.6. The highest BCUT2D eigenvalue weighted by Gasteiger charge is 2.43. The van der Waals surface area contributed by atoms with Gasteiger partial charge < -0.3 is 14.5 Å². The van der Waals surface area contributed by atoms with E-state index in [2.05, 4.69) is 20.2 Å². The third-order valence-corrected chi connectivity index (χ3v) is 4.77. The molecule has 0 amide bonds. The van der Waals surface area contributed by atoms with E-state index in [1.165, 1.54) is 18.0 Å².